The lowest BCUT2D eigenvalue weighted by atomic mass is 10.1. The zero-order valence-electron chi connectivity index (χ0n) is 16.0. The van der Waals surface area contributed by atoms with Crippen LogP contribution in [0.4, 0.5) is 0 Å². The number of hydrogen-bond acceptors (Lipinski definition) is 6. The summed E-state index contributed by atoms with van der Waals surface area (Å²) in [7, 11) is -2.10. The molecule has 1 heterocycles. The number of esters is 1. The van der Waals surface area contributed by atoms with Crippen LogP contribution in [0.15, 0.2) is 29.2 Å². The second-order valence-electron chi connectivity index (χ2n) is 7.05. The average molecular weight is 410 g/mol. The minimum absolute atomic E-state index is 0.0840. The van der Waals surface area contributed by atoms with Gasteiger partial charge in [-0.25, -0.2) is 8.42 Å². The maximum absolute atomic E-state index is 12.7. The number of nitrogens with zero attached hydrogens (tertiary/aromatic N) is 2. The molecule has 0 aromatic heterocycles. The van der Waals surface area contributed by atoms with Crippen molar-refractivity contribution in [2.75, 3.05) is 39.9 Å². The number of rotatable bonds is 6. The van der Waals surface area contributed by atoms with E-state index in [0.29, 0.717) is 5.75 Å². The molecule has 8 nitrogen and oxygen atoms in total. The highest BCUT2D eigenvalue weighted by molar-refractivity contribution is 7.89. The number of carbonyl (C=O) groups excluding carboxylic acids is 2. The summed E-state index contributed by atoms with van der Waals surface area (Å²) >= 11 is 0. The highest BCUT2D eigenvalue weighted by Gasteiger charge is 2.31. The second-order valence-corrected chi connectivity index (χ2v) is 8.99. The summed E-state index contributed by atoms with van der Waals surface area (Å²) in [6.45, 7) is 0.679. The Labute approximate surface area is 165 Å². The molecular formula is C19H26N2O6S. The van der Waals surface area contributed by atoms with E-state index in [1.54, 1.807) is 17.0 Å². The van der Waals surface area contributed by atoms with E-state index < -0.39 is 10.0 Å². The Bertz CT molecular complexity index is 794. The third-order valence-electron chi connectivity index (χ3n) is 5.31. The van der Waals surface area contributed by atoms with Crippen molar-refractivity contribution in [3.8, 4) is 5.75 Å². The van der Waals surface area contributed by atoms with E-state index in [2.05, 4.69) is 0 Å². The maximum Gasteiger partial charge on any atom is 0.309 e. The van der Waals surface area contributed by atoms with Crippen LogP contribution >= 0.6 is 0 Å². The van der Waals surface area contributed by atoms with Gasteiger partial charge in [-0.2, -0.15) is 4.31 Å². The van der Waals surface area contributed by atoms with Gasteiger partial charge in [0.05, 0.1) is 17.9 Å². The molecule has 2 fully saturated rings. The number of benzene rings is 1. The number of hydrogen-bond donors (Lipinski definition) is 0. The fourth-order valence-corrected chi connectivity index (χ4v) is 5.00. The molecule has 0 N–H and O–H groups in total. The zero-order chi connectivity index (χ0) is 20.1. The maximum atomic E-state index is 12.7. The first kappa shape index (κ1) is 20.6. The molecule has 154 valence electrons. The number of methoxy groups -OCH3 is 1. The second kappa shape index (κ2) is 8.91. The number of piperazine rings is 1. The van der Waals surface area contributed by atoms with Crippen LogP contribution in [0.5, 0.6) is 5.75 Å². The van der Waals surface area contributed by atoms with Crippen LogP contribution in [-0.4, -0.2) is 69.4 Å². The Morgan fingerprint density at radius 1 is 1.04 bits per heavy atom. The molecule has 2 aliphatic rings. The SMILES string of the molecule is COc1ccc(S(=O)(=O)N2CCN(C(=O)COC(=O)C3CCCC3)CC2)cc1. The van der Waals surface area contributed by atoms with Crippen molar-refractivity contribution in [2.45, 2.75) is 30.6 Å². The van der Waals surface area contributed by atoms with Gasteiger partial charge >= 0.3 is 5.97 Å². The first-order chi connectivity index (χ1) is 13.4. The standard InChI is InChI=1S/C19H26N2O6S/c1-26-16-6-8-17(9-7-16)28(24,25)21-12-10-20(11-13-21)18(22)14-27-19(23)15-4-2-3-5-15/h6-9,15H,2-5,10-14H2,1H3. The molecule has 1 saturated carbocycles. The van der Waals surface area contributed by atoms with Crippen LogP contribution in [0.2, 0.25) is 0 Å². The fourth-order valence-electron chi connectivity index (χ4n) is 3.58. The van der Waals surface area contributed by atoms with Gasteiger partial charge in [0, 0.05) is 26.2 Å². The molecule has 0 atom stereocenters. The van der Waals surface area contributed by atoms with Gasteiger partial charge in [-0.05, 0) is 37.1 Å². The molecule has 0 bridgehead atoms. The minimum Gasteiger partial charge on any atom is -0.497 e. The molecule has 1 aromatic rings. The topological polar surface area (TPSA) is 93.2 Å². The van der Waals surface area contributed by atoms with E-state index in [-0.39, 0.29) is 55.5 Å². The summed E-state index contributed by atoms with van der Waals surface area (Å²) in [5.41, 5.74) is 0. The number of sulfonamides is 1. The Hall–Kier alpha value is -2.13. The molecule has 9 heteroatoms. The molecule has 3 rings (SSSR count). The van der Waals surface area contributed by atoms with Crippen LogP contribution in [-0.2, 0) is 24.3 Å². The Morgan fingerprint density at radius 2 is 1.64 bits per heavy atom. The Kier molecular flexibility index (Phi) is 6.56. The quantitative estimate of drug-likeness (QED) is 0.656. The molecule has 1 aliphatic carbocycles. The Morgan fingerprint density at radius 3 is 2.21 bits per heavy atom. The van der Waals surface area contributed by atoms with E-state index in [1.165, 1.54) is 23.5 Å². The summed E-state index contributed by atoms with van der Waals surface area (Å²) in [6, 6.07) is 6.22. The predicted octanol–water partition coefficient (Wildman–Crippen LogP) is 1.26. The lowest BCUT2D eigenvalue weighted by Gasteiger charge is -2.34. The lowest BCUT2D eigenvalue weighted by molar-refractivity contribution is -0.155. The largest absolute Gasteiger partial charge is 0.497 e. The number of ether oxygens (including phenoxy) is 2. The van der Waals surface area contributed by atoms with Gasteiger partial charge in [-0.1, -0.05) is 12.8 Å². The van der Waals surface area contributed by atoms with E-state index in [0.717, 1.165) is 25.7 Å². The third-order valence-corrected chi connectivity index (χ3v) is 7.23. The molecule has 0 radical (unpaired) electrons. The summed E-state index contributed by atoms with van der Waals surface area (Å²) in [4.78, 5) is 25.9. The van der Waals surface area contributed by atoms with Crippen LogP contribution in [0.1, 0.15) is 25.7 Å². The van der Waals surface area contributed by atoms with Crippen molar-refractivity contribution < 1.29 is 27.5 Å². The van der Waals surface area contributed by atoms with Crippen LogP contribution in [0, 0.1) is 5.92 Å². The number of amides is 1. The van der Waals surface area contributed by atoms with Crippen molar-refractivity contribution in [1.82, 2.24) is 9.21 Å². The first-order valence-electron chi connectivity index (χ1n) is 9.50. The Balaban J connectivity index is 1.50. The monoisotopic (exact) mass is 410 g/mol. The van der Waals surface area contributed by atoms with Crippen LogP contribution in [0.3, 0.4) is 0 Å². The molecule has 0 spiro atoms. The highest BCUT2D eigenvalue weighted by Crippen LogP contribution is 2.25. The van der Waals surface area contributed by atoms with Gasteiger partial charge in [-0.3, -0.25) is 9.59 Å². The molecule has 1 aromatic carbocycles. The van der Waals surface area contributed by atoms with E-state index >= 15 is 0 Å². The van der Waals surface area contributed by atoms with Crippen molar-refractivity contribution in [3.05, 3.63) is 24.3 Å². The van der Waals surface area contributed by atoms with Gasteiger partial charge in [0.2, 0.25) is 10.0 Å². The molecular weight excluding hydrogens is 384 g/mol. The summed E-state index contributed by atoms with van der Waals surface area (Å²) < 4.78 is 37.0. The fraction of sp³-hybridized carbons (Fsp3) is 0.579. The van der Waals surface area contributed by atoms with E-state index in [4.69, 9.17) is 9.47 Å². The number of carbonyl (C=O) groups is 2. The average Bonchev–Trinajstić information content (AvgIpc) is 3.27. The van der Waals surface area contributed by atoms with Crippen molar-refractivity contribution in [2.24, 2.45) is 5.92 Å². The van der Waals surface area contributed by atoms with Crippen molar-refractivity contribution in [3.63, 3.8) is 0 Å². The van der Waals surface area contributed by atoms with Crippen molar-refractivity contribution >= 4 is 21.9 Å². The normalized spacial score (nSPS) is 18.8. The van der Waals surface area contributed by atoms with E-state index in [1.807, 2.05) is 0 Å². The third kappa shape index (κ3) is 4.64. The lowest BCUT2D eigenvalue weighted by Crippen LogP contribution is -2.51. The molecule has 1 amide bonds. The van der Waals surface area contributed by atoms with E-state index in [9.17, 15) is 18.0 Å². The minimum atomic E-state index is -3.62. The van der Waals surface area contributed by atoms with Crippen LogP contribution < -0.4 is 4.74 Å². The molecule has 0 unspecified atom stereocenters. The molecule has 1 saturated heterocycles. The van der Waals surface area contributed by atoms with Gasteiger partial charge in [0.1, 0.15) is 5.75 Å². The zero-order valence-corrected chi connectivity index (χ0v) is 16.8. The van der Waals surface area contributed by atoms with Gasteiger partial charge in [0.15, 0.2) is 6.61 Å². The summed E-state index contributed by atoms with van der Waals surface area (Å²) in [5, 5.41) is 0. The predicted molar refractivity (Wildman–Crippen MR) is 101 cm³/mol. The summed E-state index contributed by atoms with van der Waals surface area (Å²) in [6.07, 6.45) is 3.71. The smallest absolute Gasteiger partial charge is 0.309 e. The van der Waals surface area contributed by atoms with Crippen LogP contribution in [0.25, 0.3) is 0 Å². The first-order valence-corrected chi connectivity index (χ1v) is 10.9. The summed E-state index contributed by atoms with van der Waals surface area (Å²) in [5.74, 6) is -0.0831. The van der Waals surface area contributed by atoms with Gasteiger partial charge < -0.3 is 14.4 Å². The molecule has 28 heavy (non-hydrogen) atoms. The van der Waals surface area contributed by atoms with Gasteiger partial charge in [0.25, 0.3) is 5.91 Å². The molecule has 1 aliphatic heterocycles. The highest BCUT2D eigenvalue weighted by atomic mass is 32.2. The van der Waals surface area contributed by atoms with Crippen molar-refractivity contribution in [1.29, 1.82) is 0 Å². The van der Waals surface area contributed by atoms with Gasteiger partial charge in [-0.15, -0.1) is 0 Å².